The normalized spacial score (nSPS) is 10.1. The maximum Gasteiger partial charge on any atom is 0.0750 e. The Kier molecular flexibility index (Phi) is 4.03. The van der Waals surface area contributed by atoms with Gasteiger partial charge in [-0.15, -0.1) is 11.6 Å². The third-order valence-electron chi connectivity index (χ3n) is 1.89. The lowest BCUT2D eigenvalue weighted by Gasteiger charge is -2.02. The predicted molar refractivity (Wildman–Crippen MR) is 59.6 cm³/mol. The maximum atomic E-state index is 5.54. The minimum Gasteiger partial charge on any atom is -0.269 e. The Labute approximate surface area is 90.3 Å². The monoisotopic (exact) mass is 210 g/mol. The van der Waals surface area contributed by atoms with Crippen LogP contribution in [0, 0.1) is 18.8 Å². The first-order valence-corrected chi connectivity index (χ1v) is 5.29. The molecule has 1 heterocycles. The molecule has 1 aromatic heterocycles. The van der Waals surface area contributed by atoms with Gasteiger partial charge in [0.1, 0.15) is 0 Å². The Bertz CT molecular complexity index is 355. The first-order valence-electron chi connectivity index (χ1n) is 4.75. The fraction of sp³-hybridized carbons (Fsp3) is 0.545. The van der Waals surface area contributed by atoms with Crippen LogP contribution < -0.4 is 0 Å². The van der Waals surface area contributed by atoms with Crippen LogP contribution in [-0.4, -0.2) is 15.7 Å². The van der Waals surface area contributed by atoms with Crippen molar-refractivity contribution in [3.8, 4) is 11.8 Å². The van der Waals surface area contributed by atoms with Gasteiger partial charge in [0.25, 0.3) is 0 Å². The third-order valence-corrected chi connectivity index (χ3v) is 2.08. The quantitative estimate of drug-likeness (QED) is 0.542. The molecule has 0 aromatic carbocycles. The highest BCUT2D eigenvalue weighted by Crippen LogP contribution is 2.08. The summed E-state index contributed by atoms with van der Waals surface area (Å²) in [7, 11) is 0. The maximum absolute atomic E-state index is 5.54. The van der Waals surface area contributed by atoms with Crippen LogP contribution in [0.2, 0.25) is 0 Å². The molecule has 2 nitrogen and oxygen atoms in total. The van der Waals surface area contributed by atoms with Crippen LogP contribution in [-0.2, 0) is 0 Å². The van der Waals surface area contributed by atoms with Gasteiger partial charge in [-0.3, -0.25) is 4.68 Å². The lowest BCUT2D eigenvalue weighted by atomic mass is 10.2. The molecule has 1 rings (SSSR count). The summed E-state index contributed by atoms with van der Waals surface area (Å²) in [5.41, 5.74) is 1.99. The highest BCUT2D eigenvalue weighted by atomic mass is 35.5. The average Bonchev–Trinajstić information content (AvgIpc) is 2.49. The van der Waals surface area contributed by atoms with E-state index in [2.05, 4.69) is 30.8 Å². The molecule has 0 saturated heterocycles. The van der Waals surface area contributed by atoms with Crippen LogP contribution in [0.15, 0.2) is 6.20 Å². The number of hydrogen-bond donors (Lipinski definition) is 0. The number of aromatic nitrogens is 2. The molecule has 14 heavy (non-hydrogen) atoms. The molecule has 0 amide bonds. The van der Waals surface area contributed by atoms with E-state index in [9.17, 15) is 0 Å². The number of alkyl halides is 1. The van der Waals surface area contributed by atoms with E-state index in [-0.39, 0.29) is 0 Å². The molecule has 0 radical (unpaired) electrons. The van der Waals surface area contributed by atoms with Gasteiger partial charge in [-0.1, -0.05) is 11.8 Å². The number of nitrogens with zero attached hydrogens (tertiary/aromatic N) is 2. The lowest BCUT2D eigenvalue weighted by molar-refractivity contribution is 0.529. The van der Waals surface area contributed by atoms with E-state index in [0.717, 1.165) is 17.7 Å². The Hall–Kier alpha value is -0.940. The topological polar surface area (TPSA) is 17.8 Å². The van der Waals surface area contributed by atoms with E-state index in [0.29, 0.717) is 11.9 Å². The molecular formula is C11H15ClN2. The zero-order valence-corrected chi connectivity index (χ0v) is 9.60. The third kappa shape index (κ3) is 2.78. The standard InChI is InChI=1S/C11H15ClN2/c1-9(2)14-8-11(10(3)13-14)6-4-5-7-12/h8-9H,5,7H2,1-3H3. The van der Waals surface area contributed by atoms with Gasteiger partial charge in [0.05, 0.1) is 11.3 Å². The van der Waals surface area contributed by atoms with Crippen molar-refractivity contribution in [1.29, 1.82) is 0 Å². The lowest BCUT2D eigenvalue weighted by Crippen LogP contribution is -2.00. The molecule has 1 aromatic rings. The molecule has 0 aliphatic heterocycles. The van der Waals surface area contributed by atoms with Crippen LogP contribution in [0.5, 0.6) is 0 Å². The van der Waals surface area contributed by atoms with Crippen molar-refractivity contribution in [3.05, 3.63) is 17.5 Å². The average molecular weight is 211 g/mol. The van der Waals surface area contributed by atoms with Crippen molar-refractivity contribution < 1.29 is 0 Å². The Morgan fingerprint density at radius 3 is 2.79 bits per heavy atom. The van der Waals surface area contributed by atoms with Gasteiger partial charge in [0, 0.05) is 24.5 Å². The molecular weight excluding hydrogens is 196 g/mol. The van der Waals surface area contributed by atoms with Crippen molar-refractivity contribution in [2.75, 3.05) is 5.88 Å². The minimum absolute atomic E-state index is 0.386. The summed E-state index contributed by atoms with van der Waals surface area (Å²) < 4.78 is 1.93. The molecule has 0 saturated carbocycles. The summed E-state index contributed by atoms with van der Waals surface area (Å²) in [6, 6.07) is 0.386. The molecule has 0 aliphatic carbocycles. The van der Waals surface area contributed by atoms with E-state index in [1.165, 1.54) is 0 Å². The van der Waals surface area contributed by atoms with Crippen LogP contribution >= 0.6 is 11.6 Å². The highest BCUT2D eigenvalue weighted by Gasteiger charge is 2.03. The Balaban J connectivity index is 2.84. The predicted octanol–water partition coefficient (Wildman–Crippen LogP) is 2.75. The Morgan fingerprint density at radius 2 is 2.29 bits per heavy atom. The molecule has 3 heteroatoms. The molecule has 0 unspecified atom stereocenters. The second-order valence-electron chi connectivity index (χ2n) is 3.44. The summed E-state index contributed by atoms with van der Waals surface area (Å²) in [5, 5.41) is 4.37. The smallest absolute Gasteiger partial charge is 0.0750 e. The molecule has 0 fully saturated rings. The second kappa shape index (κ2) is 5.07. The zero-order chi connectivity index (χ0) is 10.6. The van der Waals surface area contributed by atoms with E-state index in [1.807, 2.05) is 17.8 Å². The van der Waals surface area contributed by atoms with Gasteiger partial charge < -0.3 is 0 Å². The largest absolute Gasteiger partial charge is 0.269 e. The van der Waals surface area contributed by atoms with Gasteiger partial charge in [0.2, 0.25) is 0 Å². The first-order chi connectivity index (χ1) is 6.65. The van der Waals surface area contributed by atoms with Gasteiger partial charge >= 0.3 is 0 Å². The number of aryl methyl sites for hydroxylation is 1. The van der Waals surface area contributed by atoms with E-state index in [1.54, 1.807) is 0 Å². The van der Waals surface area contributed by atoms with E-state index >= 15 is 0 Å². The molecule has 0 aliphatic rings. The molecule has 0 N–H and O–H groups in total. The van der Waals surface area contributed by atoms with E-state index < -0.39 is 0 Å². The van der Waals surface area contributed by atoms with Crippen molar-refractivity contribution in [2.24, 2.45) is 0 Å². The molecule has 0 atom stereocenters. The van der Waals surface area contributed by atoms with Crippen LogP contribution in [0.3, 0.4) is 0 Å². The summed E-state index contributed by atoms with van der Waals surface area (Å²) in [4.78, 5) is 0. The summed E-state index contributed by atoms with van der Waals surface area (Å²) in [5.74, 6) is 6.67. The fourth-order valence-electron chi connectivity index (χ4n) is 1.07. The van der Waals surface area contributed by atoms with Gasteiger partial charge in [0.15, 0.2) is 0 Å². The van der Waals surface area contributed by atoms with Gasteiger partial charge in [-0.05, 0) is 20.8 Å². The molecule has 76 valence electrons. The highest BCUT2D eigenvalue weighted by molar-refractivity contribution is 6.18. The van der Waals surface area contributed by atoms with Crippen LogP contribution in [0.25, 0.3) is 0 Å². The first kappa shape index (κ1) is 11.1. The van der Waals surface area contributed by atoms with Gasteiger partial charge in [-0.2, -0.15) is 5.10 Å². The summed E-state index contributed by atoms with van der Waals surface area (Å²) in [6.07, 6.45) is 2.72. The Morgan fingerprint density at radius 1 is 1.57 bits per heavy atom. The SMILES string of the molecule is Cc1nn(C(C)C)cc1C#CCCCl. The fourth-order valence-corrected chi connectivity index (χ4v) is 1.17. The van der Waals surface area contributed by atoms with E-state index in [4.69, 9.17) is 11.6 Å². The van der Waals surface area contributed by atoms with Crippen molar-refractivity contribution >= 4 is 11.6 Å². The second-order valence-corrected chi connectivity index (χ2v) is 3.82. The van der Waals surface area contributed by atoms with Crippen molar-refractivity contribution in [1.82, 2.24) is 9.78 Å². The number of halogens is 1. The molecule has 0 bridgehead atoms. The number of hydrogen-bond acceptors (Lipinski definition) is 1. The summed E-state index contributed by atoms with van der Waals surface area (Å²) >= 11 is 5.54. The minimum atomic E-state index is 0.386. The zero-order valence-electron chi connectivity index (χ0n) is 8.84. The van der Waals surface area contributed by atoms with Crippen molar-refractivity contribution in [3.63, 3.8) is 0 Å². The van der Waals surface area contributed by atoms with Crippen LogP contribution in [0.4, 0.5) is 0 Å². The number of rotatable bonds is 2. The summed E-state index contributed by atoms with van der Waals surface area (Å²) in [6.45, 7) is 6.18. The molecule has 0 spiro atoms. The van der Waals surface area contributed by atoms with Crippen molar-refractivity contribution in [2.45, 2.75) is 33.2 Å². The van der Waals surface area contributed by atoms with Gasteiger partial charge in [-0.25, -0.2) is 0 Å². The van der Waals surface area contributed by atoms with Crippen LogP contribution in [0.1, 0.15) is 37.6 Å².